The summed E-state index contributed by atoms with van der Waals surface area (Å²) >= 11 is 0. The number of rotatable bonds is 8. The molecule has 0 aromatic heterocycles. The average Bonchev–Trinajstić information content (AvgIpc) is 2.84. The van der Waals surface area contributed by atoms with Crippen molar-refractivity contribution in [3.8, 4) is 0 Å². The Morgan fingerprint density at radius 1 is 1.06 bits per heavy atom. The fourth-order valence-electron chi connectivity index (χ4n) is 3.45. The van der Waals surface area contributed by atoms with Crippen LogP contribution >= 0.6 is 0 Å². The number of hydrogen-bond acceptors (Lipinski definition) is 7. The van der Waals surface area contributed by atoms with Crippen LogP contribution in [0.4, 0.5) is 10.1 Å². The molecule has 2 aromatic rings. The number of carbonyl (C=O) groups is 3. The molecule has 1 aliphatic heterocycles. The van der Waals surface area contributed by atoms with E-state index in [1.807, 2.05) is 0 Å². The maximum atomic E-state index is 13.0. The monoisotopic (exact) mass is 492 g/mol. The fourth-order valence-corrected chi connectivity index (χ4v) is 4.55. The molecule has 9 nitrogen and oxygen atoms in total. The molecule has 0 spiro atoms. The van der Waals surface area contributed by atoms with E-state index in [0.717, 1.165) is 18.2 Å². The minimum atomic E-state index is -4.04. The largest absolute Gasteiger partial charge is 0.466 e. The highest BCUT2D eigenvalue weighted by Crippen LogP contribution is 2.20. The van der Waals surface area contributed by atoms with Crippen LogP contribution in [0, 0.1) is 11.7 Å². The molecule has 0 saturated carbocycles. The number of nitrogens with zero attached hydrogens (tertiary/aromatic N) is 1. The predicted molar refractivity (Wildman–Crippen MR) is 120 cm³/mol. The zero-order valence-corrected chi connectivity index (χ0v) is 19.3. The molecule has 1 aliphatic rings. The van der Waals surface area contributed by atoms with Crippen LogP contribution in [0.1, 0.15) is 30.1 Å². The quantitative estimate of drug-likeness (QED) is 0.563. The molecule has 182 valence electrons. The minimum Gasteiger partial charge on any atom is -0.466 e. The summed E-state index contributed by atoms with van der Waals surface area (Å²) in [5.41, 5.74) is 0.113. The van der Waals surface area contributed by atoms with E-state index in [1.165, 1.54) is 35.2 Å². The van der Waals surface area contributed by atoms with E-state index < -0.39 is 34.3 Å². The Balaban J connectivity index is 1.55. The average molecular weight is 493 g/mol. The van der Waals surface area contributed by atoms with Crippen molar-refractivity contribution in [2.45, 2.75) is 24.7 Å². The third kappa shape index (κ3) is 6.53. The van der Waals surface area contributed by atoms with Gasteiger partial charge in [-0.3, -0.25) is 14.3 Å². The smallest absolute Gasteiger partial charge is 0.338 e. The van der Waals surface area contributed by atoms with Crippen molar-refractivity contribution >= 4 is 33.6 Å². The first-order chi connectivity index (χ1) is 16.2. The first kappa shape index (κ1) is 25.2. The van der Waals surface area contributed by atoms with Crippen LogP contribution in [-0.4, -0.2) is 57.5 Å². The Morgan fingerprint density at radius 3 is 2.38 bits per heavy atom. The van der Waals surface area contributed by atoms with E-state index in [0.29, 0.717) is 32.5 Å². The highest BCUT2D eigenvalue weighted by atomic mass is 32.2. The summed E-state index contributed by atoms with van der Waals surface area (Å²) in [7, 11) is -4.04. The number of ether oxygens (including phenoxy) is 2. The van der Waals surface area contributed by atoms with Gasteiger partial charge in [0, 0.05) is 18.8 Å². The molecule has 2 aromatic carbocycles. The van der Waals surface area contributed by atoms with Crippen LogP contribution in [0.5, 0.6) is 0 Å². The van der Waals surface area contributed by atoms with Gasteiger partial charge in [0.1, 0.15) is 5.82 Å². The maximum Gasteiger partial charge on any atom is 0.338 e. The van der Waals surface area contributed by atoms with Crippen LogP contribution in [0.3, 0.4) is 0 Å². The summed E-state index contributed by atoms with van der Waals surface area (Å²) in [5, 5.41) is 0. The Kier molecular flexibility index (Phi) is 8.21. The molecule has 1 amide bonds. The van der Waals surface area contributed by atoms with Crippen LogP contribution in [0.2, 0.25) is 0 Å². The van der Waals surface area contributed by atoms with Gasteiger partial charge in [-0.15, -0.1) is 0 Å². The van der Waals surface area contributed by atoms with Gasteiger partial charge in [-0.25, -0.2) is 17.6 Å². The normalized spacial score (nSPS) is 14.4. The van der Waals surface area contributed by atoms with Crippen molar-refractivity contribution in [1.29, 1.82) is 0 Å². The molecule has 11 heteroatoms. The second kappa shape index (κ2) is 11.1. The van der Waals surface area contributed by atoms with Crippen molar-refractivity contribution in [3.63, 3.8) is 0 Å². The van der Waals surface area contributed by atoms with Crippen molar-refractivity contribution in [3.05, 3.63) is 59.9 Å². The summed E-state index contributed by atoms with van der Waals surface area (Å²) in [6, 6.07) is 9.93. The fraction of sp³-hybridized carbons (Fsp3) is 0.348. The second-order valence-corrected chi connectivity index (χ2v) is 9.31. The molecule has 0 atom stereocenters. The third-order valence-corrected chi connectivity index (χ3v) is 6.65. The van der Waals surface area contributed by atoms with Crippen LogP contribution in [0.25, 0.3) is 0 Å². The van der Waals surface area contributed by atoms with Gasteiger partial charge in [0.15, 0.2) is 6.61 Å². The molecular formula is C23H25FN2O7S. The number of carbonyl (C=O) groups excluding carboxylic acids is 3. The summed E-state index contributed by atoms with van der Waals surface area (Å²) < 4.78 is 50.6. The number of amides is 1. The van der Waals surface area contributed by atoms with E-state index in [2.05, 4.69) is 4.72 Å². The number of likely N-dealkylation sites (tertiary alicyclic amines) is 1. The molecule has 0 bridgehead atoms. The lowest BCUT2D eigenvalue weighted by Crippen LogP contribution is -2.42. The SMILES string of the molecule is CCOC(=O)C1CCN(C(=O)COC(=O)c2cccc(S(=O)(=O)Nc3ccc(F)cc3)c2)CC1. The van der Waals surface area contributed by atoms with Gasteiger partial charge < -0.3 is 14.4 Å². The Labute approximate surface area is 196 Å². The lowest BCUT2D eigenvalue weighted by atomic mass is 9.97. The zero-order valence-electron chi connectivity index (χ0n) is 18.5. The highest BCUT2D eigenvalue weighted by Gasteiger charge is 2.28. The van der Waals surface area contributed by atoms with Crippen molar-refractivity contribution in [2.24, 2.45) is 5.92 Å². The van der Waals surface area contributed by atoms with Crippen LogP contribution < -0.4 is 4.72 Å². The van der Waals surface area contributed by atoms with E-state index in [1.54, 1.807) is 6.92 Å². The summed E-state index contributed by atoms with van der Waals surface area (Å²) in [5.74, 6) is -2.29. The molecule has 0 aliphatic carbocycles. The topological polar surface area (TPSA) is 119 Å². The standard InChI is InChI=1S/C23H25FN2O7S/c1-2-32-22(28)16-10-12-26(13-11-16)21(27)15-33-23(29)17-4-3-5-20(14-17)34(30,31)25-19-8-6-18(24)7-9-19/h3-9,14,16,25H,2,10-13,15H2,1H3. The Morgan fingerprint density at radius 2 is 1.74 bits per heavy atom. The van der Waals surface area contributed by atoms with Gasteiger partial charge in [-0.05, 0) is 62.2 Å². The van der Waals surface area contributed by atoms with Crippen molar-refractivity contribution < 1.29 is 36.7 Å². The number of halogens is 1. The molecule has 1 N–H and O–H groups in total. The lowest BCUT2D eigenvalue weighted by molar-refractivity contribution is -0.151. The zero-order chi connectivity index (χ0) is 24.7. The van der Waals surface area contributed by atoms with E-state index in [-0.39, 0.29) is 28.0 Å². The van der Waals surface area contributed by atoms with Crippen molar-refractivity contribution in [1.82, 2.24) is 4.90 Å². The second-order valence-electron chi connectivity index (χ2n) is 7.62. The van der Waals surface area contributed by atoms with Gasteiger partial charge >= 0.3 is 11.9 Å². The molecule has 34 heavy (non-hydrogen) atoms. The van der Waals surface area contributed by atoms with Gasteiger partial charge in [0.25, 0.3) is 15.9 Å². The highest BCUT2D eigenvalue weighted by molar-refractivity contribution is 7.92. The first-order valence-electron chi connectivity index (χ1n) is 10.7. The van der Waals surface area contributed by atoms with Crippen molar-refractivity contribution in [2.75, 3.05) is 31.0 Å². The first-order valence-corrected chi connectivity index (χ1v) is 12.2. The molecule has 0 unspecified atom stereocenters. The van der Waals surface area contributed by atoms with Gasteiger partial charge in [0.05, 0.1) is 23.0 Å². The Bertz CT molecular complexity index is 1140. The van der Waals surface area contributed by atoms with Crippen LogP contribution in [-0.2, 0) is 29.1 Å². The number of nitrogens with one attached hydrogen (secondary N) is 1. The van der Waals surface area contributed by atoms with Gasteiger partial charge in [-0.2, -0.15) is 0 Å². The van der Waals surface area contributed by atoms with Gasteiger partial charge in [0.2, 0.25) is 0 Å². The number of piperidine rings is 1. The molecule has 1 fully saturated rings. The number of benzene rings is 2. The summed E-state index contributed by atoms with van der Waals surface area (Å²) in [4.78, 5) is 37.9. The maximum absolute atomic E-state index is 13.0. The molecule has 1 heterocycles. The summed E-state index contributed by atoms with van der Waals surface area (Å²) in [6.45, 7) is 2.23. The number of anilines is 1. The molecular weight excluding hydrogens is 467 g/mol. The van der Waals surface area contributed by atoms with E-state index in [4.69, 9.17) is 9.47 Å². The van der Waals surface area contributed by atoms with Crippen LogP contribution in [0.15, 0.2) is 53.4 Å². The number of esters is 2. The van der Waals surface area contributed by atoms with Gasteiger partial charge in [-0.1, -0.05) is 6.07 Å². The van der Waals surface area contributed by atoms with E-state index >= 15 is 0 Å². The van der Waals surface area contributed by atoms with E-state index in [9.17, 15) is 27.2 Å². The summed E-state index contributed by atoms with van der Waals surface area (Å²) in [6.07, 6.45) is 0.943. The number of hydrogen-bond donors (Lipinski definition) is 1. The number of sulfonamides is 1. The molecule has 0 radical (unpaired) electrons. The lowest BCUT2D eigenvalue weighted by Gasteiger charge is -2.30. The predicted octanol–water partition coefficient (Wildman–Crippen LogP) is 2.58. The minimum absolute atomic E-state index is 0.0456. The third-order valence-electron chi connectivity index (χ3n) is 5.27. The molecule has 3 rings (SSSR count). The molecule has 1 saturated heterocycles. The Hall–Kier alpha value is -3.47.